The van der Waals surface area contributed by atoms with Crippen molar-refractivity contribution in [2.75, 3.05) is 19.7 Å². The van der Waals surface area contributed by atoms with Crippen LogP contribution in [0.1, 0.15) is 12.8 Å². The van der Waals surface area contributed by atoms with Gasteiger partial charge < -0.3 is 10.0 Å². The zero-order valence-electron chi connectivity index (χ0n) is 7.49. The van der Waals surface area contributed by atoms with Gasteiger partial charge in [0.05, 0.1) is 0 Å². The summed E-state index contributed by atoms with van der Waals surface area (Å²) in [4.78, 5) is 12.5. The molecule has 70 valence electrons. The summed E-state index contributed by atoms with van der Waals surface area (Å²) in [7, 11) is 0. The van der Waals surface area contributed by atoms with Gasteiger partial charge in [-0.3, -0.25) is 4.79 Å². The van der Waals surface area contributed by atoms with Crippen LogP contribution in [0.3, 0.4) is 0 Å². The molecule has 3 heteroatoms. The molecule has 0 bridgehead atoms. The standard InChI is InChI=1S/C10H13NO2/c1-3-5-7-11(8-6-4-2)10(13)9-12/h1-2,12H,5-9H2. The van der Waals surface area contributed by atoms with Crippen molar-refractivity contribution in [1.29, 1.82) is 0 Å². The van der Waals surface area contributed by atoms with Crippen LogP contribution < -0.4 is 0 Å². The lowest BCUT2D eigenvalue weighted by atomic mass is 10.3. The first kappa shape index (κ1) is 11.6. The summed E-state index contributed by atoms with van der Waals surface area (Å²) in [6.45, 7) is 0.421. The fourth-order valence-electron chi connectivity index (χ4n) is 0.860. The summed E-state index contributed by atoms with van der Waals surface area (Å²) >= 11 is 0. The molecule has 0 aromatic heterocycles. The van der Waals surface area contributed by atoms with Crippen LogP contribution >= 0.6 is 0 Å². The smallest absolute Gasteiger partial charge is 0.248 e. The van der Waals surface area contributed by atoms with Crippen LogP contribution in [0.5, 0.6) is 0 Å². The van der Waals surface area contributed by atoms with Gasteiger partial charge in [0.1, 0.15) is 6.61 Å². The van der Waals surface area contributed by atoms with E-state index in [2.05, 4.69) is 11.8 Å². The summed E-state index contributed by atoms with van der Waals surface area (Å²) in [6, 6.07) is 0. The summed E-state index contributed by atoms with van der Waals surface area (Å²) in [5.74, 6) is 4.52. The number of aliphatic hydroxyl groups excluding tert-OH is 1. The molecule has 0 aromatic carbocycles. The average molecular weight is 179 g/mol. The molecule has 1 amide bonds. The first-order chi connectivity index (χ1) is 6.26. The van der Waals surface area contributed by atoms with Gasteiger partial charge in [-0.15, -0.1) is 24.7 Å². The topological polar surface area (TPSA) is 40.5 Å². The quantitative estimate of drug-likeness (QED) is 0.596. The number of hydrogen-bond acceptors (Lipinski definition) is 2. The van der Waals surface area contributed by atoms with Gasteiger partial charge in [-0.05, 0) is 0 Å². The van der Waals surface area contributed by atoms with E-state index >= 15 is 0 Å². The summed E-state index contributed by atoms with van der Waals surface area (Å²) in [5.41, 5.74) is 0. The molecule has 13 heavy (non-hydrogen) atoms. The zero-order valence-corrected chi connectivity index (χ0v) is 7.49. The molecule has 0 aliphatic rings. The minimum absolute atomic E-state index is 0.328. The Morgan fingerprint density at radius 3 is 2.00 bits per heavy atom. The monoisotopic (exact) mass is 179 g/mol. The minimum Gasteiger partial charge on any atom is -0.387 e. The Bertz CT molecular complexity index is 216. The Hall–Kier alpha value is -1.45. The number of nitrogens with zero attached hydrogens (tertiary/aromatic N) is 1. The largest absolute Gasteiger partial charge is 0.387 e. The molecule has 0 rings (SSSR count). The van der Waals surface area contributed by atoms with Crippen molar-refractivity contribution in [1.82, 2.24) is 4.90 Å². The van der Waals surface area contributed by atoms with Crippen LogP contribution in [0.25, 0.3) is 0 Å². The molecule has 0 atom stereocenters. The molecular weight excluding hydrogens is 166 g/mol. The number of amides is 1. The highest BCUT2D eigenvalue weighted by Gasteiger charge is 2.09. The maximum absolute atomic E-state index is 11.1. The van der Waals surface area contributed by atoms with Gasteiger partial charge in [-0.1, -0.05) is 0 Å². The Balaban J connectivity index is 3.97. The first-order valence-corrected chi connectivity index (χ1v) is 4.01. The molecule has 3 nitrogen and oxygen atoms in total. The number of terminal acetylenes is 2. The van der Waals surface area contributed by atoms with E-state index in [9.17, 15) is 4.79 Å². The molecule has 0 heterocycles. The molecule has 0 saturated heterocycles. The number of rotatable bonds is 5. The van der Waals surface area contributed by atoms with Gasteiger partial charge in [0.25, 0.3) is 0 Å². The zero-order chi connectivity index (χ0) is 10.1. The second-order valence-electron chi connectivity index (χ2n) is 2.45. The first-order valence-electron chi connectivity index (χ1n) is 4.01. The average Bonchev–Trinajstić information content (AvgIpc) is 2.17. The molecule has 0 aliphatic carbocycles. The molecule has 0 unspecified atom stereocenters. The normalized spacial score (nSPS) is 8.54. The van der Waals surface area contributed by atoms with E-state index in [0.29, 0.717) is 25.9 Å². The van der Waals surface area contributed by atoms with E-state index in [0.717, 1.165) is 0 Å². The third-order valence-electron chi connectivity index (χ3n) is 1.54. The second kappa shape index (κ2) is 7.21. The Morgan fingerprint density at radius 2 is 1.69 bits per heavy atom. The molecule has 0 aromatic rings. The van der Waals surface area contributed by atoms with Crippen molar-refractivity contribution in [3.63, 3.8) is 0 Å². The van der Waals surface area contributed by atoms with Gasteiger partial charge >= 0.3 is 0 Å². The highest BCUT2D eigenvalue weighted by molar-refractivity contribution is 5.77. The Morgan fingerprint density at radius 1 is 1.23 bits per heavy atom. The van der Waals surface area contributed by atoms with Crippen LogP contribution in [0.4, 0.5) is 0 Å². The van der Waals surface area contributed by atoms with E-state index in [1.165, 1.54) is 4.90 Å². The predicted octanol–water partition coefficient (Wildman–Crippen LogP) is -0.146. The van der Waals surface area contributed by atoms with Crippen molar-refractivity contribution in [2.24, 2.45) is 0 Å². The van der Waals surface area contributed by atoms with Gasteiger partial charge in [0.15, 0.2) is 0 Å². The minimum atomic E-state index is -0.491. The van der Waals surface area contributed by atoms with Gasteiger partial charge in [0.2, 0.25) is 5.91 Å². The third kappa shape index (κ3) is 4.90. The lowest BCUT2D eigenvalue weighted by Gasteiger charge is -2.19. The van der Waals surface area contributed by atoms with E-state index < -0.39 is 6.61 Å². The van der Waals surface area contributed by atoms with Crippen molar-refractivity contribution in [2.45, 2.75) is 12.8 Å². The molecule has 0 saturated carbocycles. The number of carbonyl (C=O) groups is 1. The van der Waals surface area contributed by atoms with E-state index in [-0.39, 0.29) is 5.91 Å². The summed E-state index contributed by atoms with van der Waals surface area (Å²) < 4.78 is 0. The maximum atomic E-state index is 11.1. The molecule has 0 fully saturated rings. The SMILES string of the molecule is C#CCCN(CCC#C)C(=O)CO. The van der Waals surface area contributed by atoms with Gasteiger partial charge in [0, 0.05) is 25.9 Å². The third-order valence-corrected chi connectivity index (χ3v) is 1.54. The second-order valence-corrected chi connectivity index (χ2v) is 2.45. The molecule has 0 aliphatic heterocycles. The maximum Gasteiger partial charge on any atom is 0.248 e. The van der Waals surface area contributed by atoms with E-state index in [4.69, 9.17) is 18.0 Å². The Kier molecular flexibility index (Phi) is 6.41. The van der Waals surface area contributed by atoms with Gasteiger partial charge in [-0.25, -0.2) is 0 Å². The Labute approximate surface area is 78.7 Å². The van der Waals surface area contributed by atoms with Crippen LogP contribution in [0.15, 0.2) is 0 Å². The van der Waals surface area contributed by atoms with Crippen molar-refractivity contribution in [3.8, 4) is 24.7 Å². The number of hydrogen-bond donors (Lipinski definition) is 1. The summed E-state index contributed by atoms with van der Waals surface area (Å²) in [6.07, 6.45) is 11.1. The van der Waals surface area contributed by atoms with Crippen LogP contribution in [0, 0.1) is 24.7 Å². The summed E-state index contributed by atoms with van der Waals surface area (Å²) in [5, 5.41) is 8.61. The predicted molar refractivity (Wildman–Crippen MR) is 50.6 cm³/mol. The van der Waals surface area contributed by atoms with Crippen LogP contribution in [0.2, 0.25) is 0 Å². The van der Waals surface area contributed by atoms with Crippen molar-refractivity contribution < 1.29 is 9.90 Å². The fourth-order valence-corrected chi connectivity index (χ4v) is 0.860. The van der Waals surface area contributed by atoms with E-state index in [1.807, 2.05) is 0 Å². The molecule has 0 spiro atoms. The lowest BCUT2D eigenvalue weighted by Crippen LogP contribution is -2.34. The lowest BCUT2D eigenvalue weighted by molar-refractivity contribution is -0.134. The molecule has 0 radical (unpaired) electrons. The van der Waals surface area contributed by atoms with Crippen molar-refractivity contribution >= 4 is 5.91 Å². The van der Waals surface area contributed by atoms with Crippen LogP contribution in [-0.2, 0) is 4.79 Å². The highest BCUT2D eigenvalue weighted by Crippen LogP contribution is 1.94. The van der Waals surface area contributed by atoms with E-state index in [1.54, 1.807) is 0 Å². The number of aliphatic hydroxyl groups is 1. The molecular formula is C10H13NO2. The van der Waals surface area contributed by atoms with Crippen molar-refractivity contribution in [3.05, 3.63) is 0 Å². The fraction of sp³-hybridized carbons (Fsp3) is 0.500. The highest BCUT2D eigenvalue weighted by atomic mass is 16.3. The van der Waals surface area contributed by atoms with Gasteiger partial charge in [-0.2, -0.15) is 0 Å². The molecule has 1 N–H and O–H groups in total. The van der Waals surface area contributed by atoms with Crippen LogP contribution in [-0.4, -0.2) is 35.6 Å². The number of carbonyl (C=O) groups excluding carboxylic acids is 1.